The van der Waals surface area contributed by atoms with Crippen LogP contribution in [0.4, 0.5) is 5.69 Å². The number of carbonyl (C=O) groups excluding carboxylic acids is 2. The van der Waals surface area contributed by atoms with Crippen LogP contribution in [0.2, 0.25) is 0 Å². The maximum Gasteiger partial charge on any atom is 0.259 e. The van der Waals surface area contributed by atoms with E-state index in [0.717, 1.165) is 63.0 Å². The number of hydrogen-bond donors (Lipinski definition) is 2. The van der Waals surface area contributed by atoms with E-state index in [9.17, 15) is 9.59 Å². The molecule has 1 heterocycles. The number of piperazine rings is 1. The topological polar surface area (TPSA) is 71.1 Å². The zero-order chi connectivity index (χ0) is 26.7. The first-order chi connectivity index (χ1) is 18.6. The van der Waals surface area contributed by atoms with Crippen molar-refractivity contribution in [3.8, 4) is 22.6 Å². The predicted molar refractivity (Wildman–Crippen MR) is 155 cm³/mol. The Morgan fingerprint density at radius 2 is 1.74 bits per heavy atom. The van der Waals surface area contributed by atoms with Gasteiger partial charge in [0.2, 0.25) is 0 Å². The molecule has 0 aromatic heterocycles. The average molecular weight is 534 g/mol. The summed E-state index contributed by atoms with van der Waals surface area (Å²) >= 11 is 4.40. The molecule has 0 atom stereocenters. The zero-order valence-corrected chi connectivity index (χ0v) is 22.7. The molecule has 1 aliphatic heterocycles. The minimum Gasteiger partial charge on any atom is -0.493 e. The predicted octanol–water partition coefficient (Wildman–Crippen LogP) is 5.44. The largest absolute Gasteiger partial charge is 0.493 e. The van der Waals surface area contributed by atoms with Crippen LogP contribution in [0.1, 0.15) is 40.5 Å². The number of nitrogens with zero attached hydrogens (tertiary/aromatic N) is 2. The van der Waals surface area contributed by atoms with Crippen molar-refractivity contribution in [2.24, 2.45) is 0 Å². The van der Waals surface area contributed by atoms with Gasteiger partial charge in [0.25, 0.3) is 5.91 Å². The summed E-state index contributed by atoms with van der Waals surface area (Å²) in [6.45, 7) is 7.65. The van der Waals surface area contributed by atoms with Gasteiger partial charge < -0.3 is 14.8 Å². The van der Waals surface area contributed by atoms with Gasteiger partial charge in [0.05, 0.1) is 17.9 Å². The fourth-order valence-electron chi connectivity index (χ4n) is 4.25. The molecular weight excluding hydrogens is 498 g/mol. The lowest BCUT2D eigenvalue weighted by molar-refractivity contribution is 0.102. The fourth-order valence-corrected chi connectivity index (χ4v) is 4.43. The van der Waals surface area contributed by atoms with Crippen molar-refractivity contribution in [2.75, 3.05) is 51.3 Å². The Hall–Kier alpha value is -3.33. The van der Waals surface area contributed by atoms with Crippen LogP contribution in [-0.4, -0.2) is 67.3 Å². The third-order valence-corrected chi connectivity index (χ3v) is 6.91. The molecule has 0 spiro atoms. The number of nitrogens with one attached hydrogen (secondary N) is 1. The van der Waals surface area contributed by atoms with Crippen molar-refractivity contribution in [3.63, 3.8) is 0 Å². The molecule has 8 heteroatoms. The molecule has 1 saturated heterocycles. The van der Waals surface area contributed by atoms with Gasteiger partial charge in [0, 0.05) is 38.3 Å². The number of thiol groups is 1. The number of rotatable bonds is 12. The first-order valence-corrected chi connectivity index (χ1v) is 13.5. The quantitative estimate of drug-likeness (QED) is 0.184. The van der Waals surface area contributed by atoms with Crippen molar-refractivity contribution in [1.82, 2.24) is 9.21 Å². The van der Waals surface area contributed by atoms with Gasteiger partial charge in [0.15, 0.2) is 6.29 Å². The second-order valence-corrected chi connectivity index (χ2v) is 9.81. The highest BCUT2D eigenvalue weighted by Gasteiger charge is 2.18. The highest BCUT2D eigenvalue weighted by Crippen LogP contribution is 2.29. The van der Waals surface area contributed by atoms with Crippen LogP contribution in [-0.2, 0) is 0 Å². The standard InChI is InChI=1S/C30H35N3O4S/c1-2-3-18-37-29-12-11-26(36-19-17-32-13-15-33(38)16-14-32)21-27(29)30(35)31-28-20-24(9-10-25(28)22-34)23-7-5-4-6-8-23/h4-12,20-22,38H,2-3,13-19H2,1H3,(H,31,35). The summed E-state index contributed by atoms with van der Waals surface area (Å²) in [6.07, 6.45) is 2.61. The molecule has 38 heavy (non-hydrogen) atoms. The van der Waals surface area contributed by atoms with Crippen LogP contribution in [0.25, 0.3) is 11.1 Å². The van der Waals surface area contributed by atoms with E-state index in [2.05, 4.69) is 30.0 Å². The van der Waals surface area contributed by atoms with Gasteiger partial charge in [-0.05, 0) is 47.9 Å². The number of carbonyl (C=O) groups is 2. The van der Waals surface area contributed by atoms with Crippen LogP contribution < -0.4 is 14.8 Å². The van der Waals surface area contributed by atoms with Crippen molar-refractivity contribution >= 4 is 30.7 Å². The molecule has 1 fully saturated rings. The molecule has 0 bridgehead atoms. The van der Waals surface area contributed by atoms with E-state index in [0.29, 0.717) is 41.5 Å². The van der Waals surface area contributed by atoms with Gasteiger partial charge in [-0.15, -0.1) is 0 Å². The molecule has 0 radical (unpaired) electrons. The normalized spacial score (nSPS) is 14.2. The summed E-state index contributed by atoms with van der Waals surface area (Å²) in [4.78, 5) is 27.6. The Kier molecular flexibility index (Phi) is 10.2. The van der Waals surface area contributed by atoms with E-state index in [1.54, 1.807) is 18.2 Å². The van der Waals surface area contributed by atoms with E-state index < -0.39 is 0 Å². The highest BCUT2D eigenvalue weighted by molar-refractivity contribution is 7.77. The van der Waals surface area contributed by atoms with Gasteiger partial charge in [-0.1, -0.05) is 62.6 Å². The molecule has 200 valence electrons. The van der Waals surface area contributed by atoms with E-state index in [1.165, 1.54) is 0 Å². The molecular formula is C30H35N3O4S. The Labute approximate surface area is 230 Å². The number of benzene rings is 3. The smallest absolute Gasteiger partial charge is 0.259 e. The van der Waals surface area contributed by atoms with Gasteiger partial charge in [-0.2, -0.15) is 0 Å². The van der Waals surface area contributed by atoms with Crippen LogP contribution in [0.5, 0.6) is 11.5 Å². The molecule has 0 unspecified atom stereocenters. The fraction of sp³-hybridized carbons (Fsp3) is 0.333. The molecule has 3 aromatic rings. The average Bonchev–Trinajstić information content (AvgIpc) is 2.95. The van der Waals surface area contributed by atoms with Gasteiger partial charge >= 0.3 is 0 Å². The maximum atomic E-state index is 13.5. The molecule has 1 N–H and O–H groups in total. The summed E-state index contributed by atoms with van der Waals surface area (Å²) in [5.41, 5.74) is 3.11. The molecule has 0 saturated carbocycles. The summed E-state index contributed by atoms with van der Waals surface area (Å²) in [6, 6.07) is 20.6. The Balaban J connectivity index is 1.51. The summed E-state index contributed by atoms with van der Waals surface area (Å²) in [7, 11) is 0. The third-order valence-electron chi connectivity index (χ3n) is 6.51. The van der Waals surface area contributed by atoms with Gasteiger partial charge in [0.1, 0.15) is 18.1 Å². The van der Waals surface area contributed by atoms with Crippen LogP contribution in [0.3, 0.4) is 0 Å². The third kappa shape index (κ3) is 7.60. The Bertz CT molecular complexity index is 1210. The lowest BCUT2D eigenvalue weighted by Gasteiger charge is -2.31. The van der Waals surface area contributed by atoms with E-state index in [4.69, 9.17) is 9.47 Å². The Morgan fingerprint density at radius 3 is 2.47 bits per heavy atom. The molecule has 7 nitrogen and oxygen atoms in total. The second-order valence-electron chi connectivity index (χ2n) is 9.24. The maximum absolute atomic E-state index is 13.5. The summed E-state index contributed by atoms with van der Waals surface area (Å²) in [5.74, 6) is 0.722. The molecule has 0 aliphatic carbocycles. The number of anilines is 1. The van der Waals surface area contributed by atoms with E-state index >= 15 is 0 Å². The summed E-state index contributed by atoms with van der Waals surface area (Å²) < 4.78 is 14.0. The molecule has 4 rings (SSSR count). The van der Waals surface area contributed by atoms with Crippen LogP contribution >= 0.6 is 12.8 Å². The van der Waals surface area contributed by atoms with Crippen LogP contribution in [0.15, 0.2) is 66.7 Å². The minimum absolute atomic E-state index is 0.361. The monoisotopic (exact) mass is 533 g/mol. The lowest BCUT2D eigenvalue weighted by Crippen LogP contribution is -2.43. The first-order valence-electron chi connectivity index (χ1n) is 13.1. The van der Waals surface area contributed by atoms with Crippen molar-refractivity contribution in [2.45, 2.75) is 19.8 Å². The van der Waals surface area contributed by atoms with Crippen molar-refractivity contribution in [3.05, 3.63) is 77.9 Å². The van der Waals surface area contributed by atoms with Crippen molar-refractivity contribution in [1.29, 1.82) is 0 Å². The van der Waals surface area contributed by atoms with Gasteiger partial charge in [-0.25, -0.2) is 0 Å². The van der Waals surface area contributed by atoms with Crippen molar-refractivity contribution < 1.29 is 19.1 Å². The lowest BCUT2D eigenvalue weighted by atomic mass is 10.0. The number of unbranched alkanes of at least 4 members (excludes halogenated alkanes) is 1. The highest BCUT2D eigenvalue weighted by atomic mass is 32.1. The summed E-state index contributed by atoms with van der Waals surface area (Å²) in [5, 5.41) is 2.93. The molecule has 1 amide bonds. The van der Waals surface area contributed by atoms with Gasteiger partial charge in [-0.3, -0.25) is 18.8 Å². The number of amides is 1. The van der Waals surface area contributed by atoms with Crippen LogP contribution in [0, 0.1) is 0 Å². The molecule has 3 aromatic carbocycles. The number of aldehydes is 1. The number of hydrogen-bond acceptors (Lipinski definition) is 7. The van der Waals surface area contributed by atoms with E-state index in [-0.39, 0.29) is 5.91 Å². The zero-order valence-electron chi connectivity index (χ0n) is 21.8. The van der Waals surface area contributed by atoms with E-state index in [1.807, 2.05) is 52.8 Å². The molecule has 1 aliphatic rings. The first kappa shape index (κ1) is 27.7. The number of ether oxygens (including phenoxy) is 2. The SMILES string of the molecule is CCCCOc1ccc(OCCN2CCN(S)CC2)cc1C(=O)Nc1cc(-c2ccccc2)ccc1C=O. The second kappa shape index (κ2) is 14.0. The Morgan fingerprint density at radius 1 is 0.947 bits per heavy atom. The minimum atomic E-state index is -0.361.